The van der Waals surface area contributed by atoms with Crippen molar-refractivity contribution >= 4 is 17.5 Å². The van der Waals surface area contributed by atoms with Crippen molar-refractivity contribution in [2.45, 2.75) is 18.8 Å². The number of rotatable bonds is 8. The fourth-order valence-corrected chi connectivity index (χ4v) is 6.63. The summed E-state index contributed by atoms with van der Waals surface area (Å²) in [5, 5.41) is 3.52. The highest BCUT2D eigenvalue weighted by Gasteiger charge is 2.36. The maximum absolute atomic E-state index is 13.8. The number of anilines is 1. The van der Waals surface area contributed by atoms with E-state index in [2.05, 4.69) is 58.7 Å². The van der Waals surface area contributed by atoms with Crippen molar-refractivity contribution in [3.8, 4) is 0 Å². The Bertz CT molecular complexity index is 1780. The van der Waals surface area contributed by atoms with E-state index in [-0.39, 0.29) is 23.7 Å². The average Bonchev–Trinajstić information content (AvgIpc) is 3.36. The van der Waals surface area contributed by atoms with Gasteiger partial charge in [-0.25, -0.2) is 4.39 Å². The number of nitrogens with zero attached hydrogens (tertiary/aromatic N) is 3. The second kappa shape index (κ2) is 13.0. The van der Waals surface area contributed by atoms with E-state index in [0.29, 0.717) is 30.8 Å². The van der Waals surface area contributed by atoms with Gasteiger partial charge in [0.05, 0.1) is 6.04 Å². The Morgan fingerprint density at radius 1 is 0.739 bits per heavy atom. The van der Waals surface area contributed by atoms with Crippen molar-refractivity contribution in [1.29, 1.82) is 0 Å². The van der Waals surface area contributed by atoms with Gasteiger partial charge < -0.3 is 15.1 Å². The third kappa shape index (κ3) is 6.02. The lowest BCUT2D eigenvalue weighted by molar-refractivity contribution is 0.0597. The summed E-state index contributed by atoms with van der Waals surface area (Å²) < 4.78 is 13.6. The van der Waals surface area contributed by atoms with Crippen molar-refractivity contribution < 1.29 is 14.0 Å². The molecule has 0 saturated carbocycles. The van der Waals surface area contributed by atoms with Gasteiger partial charge in [-0.15, -0.1) is 0 Å². The molecule has 2 heterocycles. The van der Waals surface area contributed by atoms with E-state index in [1.807, 2.05) is 65.6 Å². The van der Waals surface area contributed by atoms with Crippen LogP contribution in [0.3, 0.4) is 0 Å². The van der Waals surface area contributed by atoms with Crippen LogP contribution in [0.1, 0.15) is 55.2 Å². The van der Waals surface area contributed by atoms with E-state index in [9.17, 15) is 14.0 Å². The molecule has 230 valence electrons. The van der Waals surface area contributed by atoms with Crippen molar-refractivity contribution in [2.75, 3.05) is 31.5 Å². The summed E-state index contributed by atoms with van der Waals surface area (Å²) in [5.41, 5.74) is 6.17. The Kier molecular flexibility index (Phi) is 8.31. The van der Waals surface area contributed by atoms with E-state index in [0.717, 1.165) is 29.9 Å². The lowest BCUT2D eigenvalue weighted by Gasteiger charge is -2.40. The van der Waals surface area contributed by atoms with Crippen LogP contribution < -0.4 is 5.32 Å². The number of amides is 2. The minimum Gasteiger partial charge on any atom is -0.361 e. The second-order valence-corrected chi connectivity index (χ2v) is 11.8. The smallest absolute Gasteiger partial charge is 0.256 e. The standard InChI is InChI=1S/C39H35FN4O2/c40-32-20-18-28(19-21-32)27-44-37(34-16-7-8-17-35(34)39(44)46)41-33-15-9-14-31(26-33)38(45)43-24-22-42(23-25-43)36(29-10-3-1-4-11-29)30-12-5-2-6-13-30/h1-21,26,36-37,41H,22-25,27H2. The van der Waals surface area contributed by atoms with Crippen molar-refractivity contribution in [3.05, 3.63) is 173 Å². The van der Waals surface area contributed by atoms with Crippen LogP contribution in [-0.2, 0) is 6.54 Å². The molecule has 7 heteroatoms. The molecule has 2 aliphatic rings. The van der Waals surface area contributed by atoms with Crippen molar-refractivity contribution in [1.82, 2.24) is 14.7 Å². The molecule has 46 heavy (non-hydrogen) atoms. The first-order valence-electron chi connectivity index (χ1n) is 15.7. The summed E-state index contributed by atoms with van der Waals surface area (Å²) in [6, 6.07) is 42.5. The molecule has 5 aromatic rings. The van der Waals surface area contributed by atoms with E-state index >= 15 is 0 Å². The Morgan fingerprint density at radius 3 is 2.04 bits per heavy atom. The topological polar surface area (TPSA) is 55.9 Å². The normalized spacial score (nSPS) is 16.5. The van der Waals surface area contributed by atoms with Crippen LogP contribution in [-0.4, -0.2) is 52.7 Å². The largest absolute Gasteiger partial charge is 0.361 e. The summed E-state index contributed by atoms with van der Waals surface area (Å²) in [6.45, 7) is 3.10. The average molecular weight is 611 g/mol. The lowest BCUT2D eigenvalue weighted by atomic mass is 9.96. The van der Waals surface area contributed by atoms with Gasteiger partial charge in [-0.3, -0.25) is 14.5 Å². The fraction of sp³-hybridized carbons (Fsp3) is 0.179. The minimum atomic E-state index is -0.435. The van der Waals surface area contributed by atoms with Crippen LogP contribution in [0.5, 0.6) is 0 Å². The van der Waals surface area contributed by atoms with E-state index in [1.54, 1.807) is 17.0 Å². The molecule has 1 saturated heterocycles. The zero-order valence-corrected chi connectivity index (χ0v) is 25.4. The van der Waals surface area contributed by atoms with Crippen LogP contribution in [0.15, 0.2) is 133 Å². The Balaban J connectivity index is 1.07. The molecule has 2 amide bonds. The van der Waals surface area contributed by atoms with Crippen LogP contribution in [0.2, 0.25) is 0 Å². The van der Waals surface area contributed by atoms with Crippen LogP contribution in [0.25, 0.3) is 0 Å². The monoisotopic (exact) mass is 610 g/mol. The Labute approximate surface area is 268 Å². The highest BCUT2D eigenvalue weighted by atomic mass is 19.1. The van der Waals surface area contributed by atoms with Crippen LogP contribution >= 0.6 is 0 Å². The quantitative estimate of drug-likeness (QED) is 0.203. The first-order valence-corrected chi connectivity index (χ1v) is 15.7. The second-order valence-electron chi connectivity index (χ2n) is 11.8. The van der Waals surface area contributed by atoms with E-state index in [4.69, 9.17) is 0 Å². The highest BCUT2D eigenvalue weighted by molar-refractivity contribution is 5.99. The third-order valence-electron chi connectivity index (χ3n) is 8.93. The number of piperazine rings is 1. The molecule has 2 aliphatic heterocycles. The zero-order chi connectivity index (χ0) is 31.5. The van der Waals surface area contributed by atoms with Gasteiger partial charge in [0.1, 0.15) is 12.0 Å². The molecule has 0 aliphatic carbocycles. The van der Waals surface area contributed by atoms with Gasteiger partial charge in [-0.1, -0.05) is 97.1 Å². The molecule has 0 spiro atoms. The van der Waals surface area contributed by atoms with Crippen LogP contribution in [0, 0.1) is 5.82 Å². The van der Waals surface area contributed by atoms with Gasteiger partial charge in [-0.05, 0) is 53.1 Å². The first-order chi connectivity index (χ1) is 22.5. The van der Waals surface area contributed by atoms with Gasteiger partial charge >= 0.3 is 0 Å². The molecule has 1 fully saturated rings. The number of hydrogen-bond donors (Lipinski definition) is 1. The summed E-state index contributed by atoms with van der Waals surface area (Å²) in [4.78, 5) is 33.4. The van der Waals surface area contributed by atoms with Crippen molar-refractivity contribution in [3.63, 3.8) is 0 Å². The molecule has 5 aromatic carbocycles. The fourth-order valence-electron chi connectivity index (χ4n) is 6.63. The van der Waals surface area contributed by atoms with Gasteiger partial charge in [0.25, 0.3) is 11.8 Å². The van der Waals surface area contributed by atoms with Gasteiger partial charge in [0.2, 0.25) is 0 Å². The first kappa shape index (κ1) is 29.4. The number of fused-ring (bicyclic) bond motifs is 1. The molecule has 1 N–H and O–H groups in total. The molecular weight excluding hydrogens is 575 g/mol. The van der Waals surface area contributed by atoms with E-state index < -0.39 is 6.17 Å². The highest BCUT2D eigenvalue weighted by Crippen LogP contribution is 2.36. The zero-order valence-electron chi connectivity index (χ0n) is 25.4. The number of halogens is 1. The van der Waals surface area contributed by atoms with Crippen molar-refractivity contribution in [2.24, 2.45) is 0 Å². The molecular formula is C39H35FN4O2. The summed E-state index contributed by atoms with van der Waals surface area (Å²) in [5.74, 6) is -0.415. The molecule has 1 unspecified atom stereocenters. The molecule has 0 aromatic heterocycles. The summed E-state index contributed by atoms with van der Waals surface area (Å²) in [6.07, 6.45) is -0.435. The van der Waals surface area contributed by atoms with Gasteiger partial charge in [0.15, 0.2) is 0 Å². The third-order valence-corrected chi connectivity index (χ3v) is 8.93. The number of nitrogens with one attached hydrogen (secondary N) is 1. The number of hydrogen-bond acceptors (Lipinski definition) is 4. The number of carbonyl (C=O) groups excluding carboxylic acids is 2. The Hall–Kier alpha value is -5.27. The maximum Gasteiger partial charge on any atom is 0.256 e. The minimum absolute atomic E-state index is 0.00895. The predicted molar refractivity (Wildman–Crippen MR) is 178 cm³/mol. The lowest BCUT2D eigenvalue weighted by Crippen LogP contribution is -2.49. The van der Waals surface area contributed by atoms with Crippen LogP contribution in [0.4, 0.5) is 10.1 Å². The van der Waals surface area contributed by atoms with Gasteiger partial charge in [0, 0.05) is 55.1 Å². The van der Waals surface area contributed by atoms with Gasteiger partial charge in [-0.2, -0.15) is 0 Å². The number of carbonyl (C=O) groups is 2. The molecule has 0 bridgehead atoms. The molecule has 7 rings (SSSR count). The maximum atomic E-state index is 13.8. The SMILES string of the molecule is O=C(c1cccc(NC2c3ccccc3C(=O)N2Cc2ccc(F)cc2)c1)N1CCN(C(c2ccccc2)c2ccccc2)CC1. The number of benzene rings is 5. The summed E-state index contributed by atoms with van der Waals surface area (Å²) in [7, 11) is 0. The predicted octanol–water partition coefficient (Wildman–Crippen LogP) is 7.14. The van der Waals surface area contributed by atoms with E-state index in [1.165, 1.54) is 23.3 Å². The molecule has 0 radical (unpaired) electrons. The Morgan fingerprint density at radius 2 is 1.37 bits per heavy atom. The molecule has 6 nitrogen and oxygen atoms in total. The molecule has 1 atom stereocenters. The summed E-state index contributed by atoms with van der Waals surface area (Å²) >= 11 is 0.